The lowest BCUT2D eigenvalue weighted by atomic mass is 9.97. The number of carbonyl (C=O) groups is 1. The number of allylic oxidation sites excluding steroid dienone is 1. The van der Waals surface area contributed by atoms with Crippen molar-refractivity contribution in [3.05, 3.63) is 70.8 Å². The van der Waals surface area contributed by atoms with E-state index in [4.69, 9.17) is 16.3 Å². The van der Waals surface area contributed by atoms with Gasteiger partial charge in [-0.2, -0.15) is 4.72 Å². The van der Waals surface area contributed by atoms with Crippen molar-refractivity contribution in [2.75, 3.05) is 13.7 Å². The minimum atomic E-state index is -3.98. The number of rotatable bonds is 10. The van der Waals surface area contributed by atoms with Gasteiger partial charge >= 0.3 is 0 Å². The van der Waals surface area contributed by atoms with Crippen molar-refractivity contribution in [1.29, 1.82) is 0 Å². The van der Waals surface area contributed by atoms with Crippen molar-refractivity contribution in [2.24, 2.45) is 0 Å². The Balaban J connectivity index is 1.73. The van der Waals surface area contributed by atoms with Crippen LogP contribution in [0.2, 0.25) is 5.02 Å². The smallest absolute Gasteiger partial charge is 0.241 e. The molecule has 6 nitrogen and oxygen atoms in total. The minimum Gasteiger partial charge on any atom is -0.495 e. The van der Waals surface area contributed by atoms with Crippen LogP contribution in [-0.2, 0) is 21.2 Å². The number of hydrogen-bond acceptors (Lipinski definition) is 4. The molecule has 2 aromatic rings. The maximum absolute atomic E-state index is 13.0. The average Bonchev–Trinajstić information content (AvgIpc) is 2.80. The lowest BCUT2D eigenvalue weighted by Crippen LogP contribution is -2.48. The van der Waals surface area contributed by atoms with Gasteiger partial charge in [0.1, 0.15) is 11.8 Å². The molecule has 1 amide bonds. The molecule has 3 rings (SSSR count). The summed E-state index contributed by atoms with van der Waals surface area (Å²) in [4.78, 5) is 12.9. The number of sulfonamides is 1. The third-order valence-corrected chi connectivity index (χ3v) is 7.23. The molecule has 172 valence electrons. The molecule has 0 bridgehead atoms. The summed E-state index contributed by atoms with van der Waals surface area (Å²) in [5.74, 6) is 0.0228. The monoisotopic (exact) mass is 476 g/mol. The summed E-state index contributed by atoms with van der Waals surface area (Å²) in [5, 5.41) is 3.08. The molecule has 8 heteroatoms. The van der Waals surface area contributed by atoms with Gasteiger partial charge in [-0.15, -0.1) is 0 Å². The van der Waals surface area contributed by atoms with Crippen LogP contribution in [0.4, 0.5) is 0 Å². The standard InChI is InChI=1S/C24H29ClN2O4S/c1-31-23-13-12-20(17-21(23)25)32(29,30)27-22(16-19-10-6-3-7-11-19)24(28)26-15-14-18-8-4-2-5-9-18/h3,6-8,10-13,17,22,27H,2,4-5,9,14-16H2,1H3,(H,26,28)/t22-/m1/s1. The zero-order chi connectivity index (χ0) is 23.0. The zero-order valence-corrected chi connectivity index (χ0v) is 19.7. The number of ether oxygens (including phenoxy) is 1. The predicted molar refractivity (Wildman–Crippen MR) is 126 cm³/mol. The predicted octanol–water partition coefficient (Wildman–Crippen LogP) is 4.24. The minimum absolute atomic E-state index is 0.0264. The van der Waals surface area contributed by atoms with Crippen molar-refractivity contribution in [3.8, 4) is 5.75 Å². The molecule has 2 aromatic carbocycles. The molecule has 2 N–H and O–H groups in total. The molecule has 0 aliphatic heterocycles. The van der Waals surface area contributed by atoms with Gasteiger partial charge in [0.2, 0.25) is 15.9 Å². The number of amides is 1. The van der Waals surface area contributed by atoms with Gasteiger partial charge in [0.25, 0.3) is 0 Å². The van der Waals surface area contributed by atoms with Crippen LogP contribution in [0.15, 0.2) is 65.1 Å². The summed E-state index contributed by atoms with van der Waals surface area (Å²) in [6.45, 7) is 0.478. The highest BCUT2D eigenvalue weighted by Crippen LogP contribution is 2.27. The van der Waals surface area contributed by atoms with E-state index in [1.807, 2.05) is 30.3 Å². The molecule has 1 aliphatic rings. The number of methoxy groups -OCH3 is 1. The summed E-state index contributed by atoms with van der Waals surface area (Å²) in [6, 6.07) is 12.6. The van der Waals surface area contributed by atoms with Gasteiger partial charge in [0.05, 0.1) is 17.0 Å². The third kappa shape index (κ3) is 6.82. The lowest BCUT2D eigenvalue weighted by molar-refractivity contribution is -0.122. The van der Waals surface area contributed by atoms with Gasteiger partial charge in [-0.3, -0.25) is 4.79 Å². The SMILES string of the molecule is COc1ccc(S(=O)(=O)N[C@H](Cc2ccccc2)C(=O)NCCC2=CCCCC2)cc1Cl. The Labute approximate surface area is 195 Å². The summed E-state index contributed by atoms with van der Waals surface area (Å²) in [7, 11) is -2.52. The van der Waals surface area contributed by atoms with Gasteiger partial charge in [0.15, 0.2) is 0 Å². The van der Waals surface area contributed by atoms with Gasteiger partial charge in [-0.25, -0.2) is 8.42 Å². The van der Waals surface area contributed by atoms with E-state index in [0.717, 1.165) is 24.8 Å². The van der Waals surface area contributed by atoms with Crippen LogP contribution in [-0.4, -0.2) is 34.0 Å². The number of carbonyl (C=O) groups excluding carboxylic acids is 1. The molecular weight excluding hydrogens is 448 g/mol. The summed E-state index contributed by atoms with van der Waals surface area (Å²) >= 11 is 6.10. The van der Waals surface area contributed by atoms with E-state index in [-0.39, 0.29) is 22.2 Å². The number of benzene rings is 2. The highest BCUT2D eigenvalue weighted by Gasteiger charge is 2.26. The van der Waals surface area contributed by atoms with E-state index in [1.54, 1.807) is 0 Å². The van der Waals surface area contributed by atoms with Gasteiger partial charge in [0, 0.05) is 6.54 Å². The van der Waals surface area contributed by atoms with Crippen LogP contribution in [0.5, 0.6) is 5.75 Å². The van der Waals surface area contributed by atoms with Crippen molar-refractivity contribution < 1.29 is 17.9 Å². The molecule has 1 atom stereocenters. The Morgan fingerprint density at radius 3 is 2.59 bits per heavy atom. The first kappa shape index (κ1) is 24.3. The van der Waals surface area contributed by atoms with Crippen LogP contribution in [0.1, 0.15) is 37.7 Å². The normalized spacial score (nSPS) is 15.0. The van der Waals surface area contributed by atoms with Crippen molar-refractivity contribution in [1.82, 2.24) is 10.0 Å². The molecule has 0 saturated heterocycles. The summed E-state index contributed by atoms with van der Waals surface area (Å²) in [6.07, 6.45) is 7.81. The lowest BCUT2D eigenvalue weighted by Gasteiger charge is -2.20. The van der Waals surface area contributed by atoms with Gasteiger partial charge < -0.3 is 10.1 Å². The zero-order valence-electron chi connectivity index (χ0n) is 18.1. The van der Waals surface area contributed by atoms with Crippen LogP contribution in [0.25, 0.3) is 0 Å². The molecule has 0 unspecified atom stereocenters. The maximum Gasteiger partial charge on any atom is 0.241 e. The molecule has 0 radical (unpaired) electrons. The first-order valence-electron chi connectivity index (χ1n) is 10.7. The average molecular weight is 477 g/mol. The Morgan fingerprint density at radius 1 is 1.16 bits per heavy atom. The highest BCUT2D eigenvalue weighted by atomic mass is 35.5. The van der Waals surface area contributed by atoms with E-state index in [0.29, 0.717) is 12.3 Å². The molecule has 0 spiro atoms. The van der Waals surface area contributed by atoms with Crippen molar-refractivity contribution in [2.45, 2.75) is 49.5 Å². The molecule has 0 fully saturated rings. The first-order valence-corrected chi connectivity index (χ1v) is 12.6. The second-order valence-electron chi connectivity index (χ2n) is 7.81. The largest absolute Gasteiger partial charge is 0.495 e. The van der Waals surface area contributed by atoms with Crippen LogP contribution < -0.4 is 14.8 Å². The van der Waals surface area contributed by atoms with E-state index < -0.39 is 16.1 Å². The van der Waals surface area contributed by atoms with E-state index in [1.165, 1.54) is 43.7 Å². The molecule has 32 heavy (non-hydrogen) atoms. The fourth-order valence-corrected chi connectivity index (χ4v) is 5.25. The third-order valence-electron chi connectivity index (χ3n) is 5.46. The quantitative estimate of drug-likeness (QED) is 0.502. The summed E-state index contributed by atoms with van der Waals surface area (Å²) < 4.78 is 33.7. The van der Waals surface area contributed by atoms with Crippen molar-refractivity contribution >= 4 is 27.5 Å². The molecule has 0 aromatic heterocycles. The highest BCUT2D eigenvalue weighted by molar-refractivity contribution is 7.89. The number of nitrogens with one attached hydrogen (secondary N) is 2. The van der Waals surface area contributed by atoms with Crippen LogP contribution in [0.3, 0.4) is 0 Å². The summed E-state index contributed by atoms with van der Waals surface area (Å²) in [5.41, 5.74) is 2.21. The Bertz CT molecular complexity index is 1050. The van der Waals surface area contributed by atoms with Gasteiger partial charge in [-0.1, -0.05) is 53.6 Å². The van der Waals surface area contributed by atoms with Gasteiger partial charge in [-0.05, 0) is 62.3 Å². The Hall–Kier alpha value is -2.35. The maximum atomic E-state index is 13.0. The van der Waals surface area contributed by atoms with Crippen molar-refractivity contribution in [3.63, 3.8) is 0 Å². The van der Waals surface area contributed by atoms with Crippen LogP contribution in [0, 0.1) is 0 Å². The van der Waals surface area contributed by atoms with E-state index in [9.17, 15) is 13.2 Å². The fraction of sp³-hybridized carbons (Fsp3) is 0.375. The van der Waals surface area contributed by atoms with Crippen LogP contribution >= 0.6 is 11.6 Å². The molecular formula is C24H29ClN2O4S. The first-order chi connectivity index (χ1) is 15.4. The topological polar surface area (TPSA) is 84.5 Å². The Morgan fingerprint density at radius 2 is 1.94 bits per heavy atom. The fourth-order valence-electron chi connectivity index (χ4n) is 3.71. The number of hydrogen-bond donors (Lipinski definition) is 2. The Kier molecular flexibility index (Phi) is 8.73. The van der Waals surface area contributed by atoms with E-state index in [2.05, 4.69) is 16.1 Å². The number of halogens is 1. The van der Waals surface area contributed by atoms with E-state index >= 15 is 0 Å². The molecule has 0 saturated carbocycles. The second kappa shape index (κ2) is 11.5. The molecule has 1 aliphatic carbocycles. The second-order valence-corrected chi connectivity index (χ2v) is 9.93. The molecule has 0 heterocycles.